The molecular formula is C29H28N2O3S. The van der Waals surface area contributed by atoms with E-state index in [4.69, 9.17) is 9.47 Å². The maximum absolute atomic E-state index is 12.7. The first-order chi connectivity index (χ1) is 17.2. The maximum atomic E-state index is 12.7. The molecule has 0 amide bonds. The van der Waals surface area contributed by atoms with Crippen LogP contribution in [0.5, 0.6) is 11.5 Å². The van der Waals surface area contributed by atoms with Gasteiger partial charge in [-0.2, -0.15) is 0 Å². The summed E-state index contributed by atoms with van der Waals surface area (Å²) < 4.78 is 14.1. The van der Waals surface area contributed by atoms with Gasteiger partial charge in [-0.25, -0.2) is 4.98 Å². The number of hydrogen-bond donors (Lipinski definition) is 0. The molecule has 1 aliphatic rings. The molecule has 5 nitrogen and oxygen atoms in total. The van der Waals surface area contributed by atoms with E-state index in [0.717, 1.165) is 57.2 Å². The number of thioether (sulfide) groups is 1. The summed E-state index contributed by atoms with van der Waals surface area (Å²) in [6, 6.07) is 22.3. The van der Waals surface area contributed by atoms with Crippen LogP contribution in [0.4, 0.5) is 0 Å². The average Bonchev–Trinajstić information content (AvgIpc) is 3.42. The summed E-state index contributed by atoms with van der Waals surface area (Å²) in [6.07, 6.45) is 7.75. The van der Waals surface area contributed by atoms with Crippen LogP contribution in [0.25, 0.3) is 0 Å². The fraction of sp³-hybridized carbons (Fsp3) is 0.241. The lowest BCUT2D eigenvalue weighted by molar-refractivity contribution is 0.0972. The number of ketones is 1. The minimum atomic E-state index is -0.188. The number of hydrogen-bond acceptors (Lipinski definition) is 5. The normalized spacial score (nSPS) is 13.8. The van der Waals surface area contributed by atoms with Crippen molar-refractivity contribution in [2.24, 2.45) is 0 Å². The van der Waals surface area contributed by atoms with Gasteiger partial charge < -0.3 is 14.0 Å². The zero-order valence-electron chi connectivity index (χ0n) is 19.7. The third-order valence-electron chi connectivity index (χ3n) is 6.34. The smallest absolute Gasteiger partial charge is 0.163 e. The van der Waals surface area contributed by atoms with Gasteiger partial charge in [0.25, 0.3) is 0 Å². The van der Waals surface area contributed by atoms with Gasteiger partial charge in [-0.1, -0.05) is 30.3 Å². The molecule has 0 aliphatic heterocycles. The van der Waals surface area contributed by atoms with Gasteiger partial charge in [-0.05, 0) is 60.4 Å². The molecule has 0 saturated carbocycles. The summed E-state index contributed by atoms with van der Waals surface area (Å²) in [7, 11) is 1.67. The lowest BCUT2D eigenvalue weighted by Gasteiger charge is -2.25. The first-order valence-electron chi connectivity index (χ1n) is 11.8. The van der Waals surface area contributed by atoms with E-state index in [2.05, 4.69) is 29.2 Å². The lowest BCUT2D eigenvalue weighted by Crippen LogP contribution is -2.18. The first kappa shape index (κ1) is 23.2. The zero-order chi connectivity index (χ0) is 24.0. The predicted molar refractivity (Wildman–Crippen MR) is 138 cm³/mol. The van der Waals surface area contributed by atoms with Gasteiger partial charge in [0.05, 0.1) is 20.0 Å². The second-order valence-corrected chi connectivity index (χ2v) is 9.63. The predicted octanol–water partition coefficient (Wildman–Crippen LogP) is 6.52. The standard InChI is InChI=1S/C29H28N2O3S/c1-33-22-10-12-23(13-11-22)35-19-26-24-8-5-9-27(32)25(24)14-15-28(26)34-29(18-31-17-16-30-20-31)21-6-3-2-4-7-21/h2-4,6-7,10-17,20,29H,5,8-9,18-19H2,1H3. The second-order valence-electron chi connectivity index (χ2n) is 8.59. The van der Waals surface area contributed by atoms with Gasteiger partial charge >= 0.3 is 0 Å². The number of ether oxygens (including phenoxy) is 2. The first-order valence-corrected chi connectivity index (χ1v) is 12.8. The molecule has 0 fully saturated rings. The molecule has 178 valence electrons. The molecule has 0 N–H and O–H groups in total. The highest BCUT2D eigenvalue weighted by Crippen LogP contribution is 2.38. The Balaban J connectivity index is 1.48. The number of nitrogens with zero attached hydrogens (tertiary/aromatic N) is 2. The van der Waals surface area contributed by atoms with E-state index < -0.39 is 0 Å². The van der Waals surface area contributed by atoms with Crippen LogP contribution in [0.2, 0.25) is 0 Å². The van der Waals surface area contributed by atoms with Crippen LogP contribution in [-0.4, -0.2) is 22.4 Å². The van der Waals surface area contributed by atoms with Crippen molar-refractivity contribution < 1.29 is 14.3 Å². The molecule has 1 unspecified atom stereocenters. The molecule has 3 aromatic carbocycles. The molecule has 0 spiro atoms. The molecule has 1 atom stereocenters. The van der Waals surface area contributed by atoms with Crippen molar-refractivity contribution in [1.29, 1.82) is 0 Å². The largest absolute Gasteiger partial charge is 0.497 e. The minimum Gasteiger partial charge on any atom is -0.497 e. The molecule has 1 heterocycles. The molecule has 1 aliphatic carbocycles. The Hall–Kier alpha value is -3.51. The minimum absolute atomic E-state index is 0.188. The zero-order valence-corrected chi connectivity index (χ0v) is 20.5. The van der Waals surface area contributed by atoms with Crippen LogP contribution in [0.3, 0.4) is 0 Å². The average molecular weight is 485 g/mol. The van der Waals surface area contributed by atoms with Gasteiger partial charge in [-0.3, -0.25) is 4.79 Å². The van der Waals surface area contributed by atoms with Gasteiger partial charge in [0, 0.05) is 40.6 Å². The Morgan fingerprint density at radius 3 is 2.60 bits per heavy atom. The quantitative estimate of drug-likeness (QED) is 0.253. The fourth-order valence-corrected chi connectivity index (χ4v) is 5.45. The van der Waals surface area contributed by atoms with E-state index in [9.17, 15) is 4.79 Å². The highest BCUT2D eigenvalue weighted by molar-refractivity contribution is 7.98. The molecule has 0 saturated heterocycles. The number of carbonyl (C=O) groups excluding carboxylic acids is 1. The topological polar surface area (TPSA) is 53.4 Å². The second kappa shape index (κ2) is 10.8. The third-order valence-corrected chi connectivity index (χ3v) is 7.38. The molecule has 35 heavy (non-hydrogen) atoms. The fourth-order valence-electron chi connectivity index (χ4n) is 4.49. The third kappa shape index (κ3) is 5.43. The molecule has 6 heteroatoms. The number of rotatable bonds is 9. The molecule has 1 aromatic heterocycles. The van der Waals surface area contributed by atoms with E-state index in [1.807, 2.05) is 59.6 Å². The van der Waals surface area contributed by atoms with E-state index in [1.54, 1.807) is 25.1 Å². The van der Waals surface area contributed by atoms with E-state index in [1.165, 1.54) is 0 Å². The summed E-state index contributed by atoms with van der Waals surface area (Å²) in [5.74, 6) is 2.64. The molecule has 0 bridgehead atoms. The van der Waals surface area contributed by atoms with Crippen molar-refractivity contribution >= 4 is 17.5 Å². The Morgan fingerprint density at radius 2 is 1.86 bits per heavy atom. The van der Waals surface area contributed by atoms with Crippen molar-refractivity contribution in [3.05, 3.63) is 108 Å². The van der Waals surface area contributed by atoms with Crippen molar-refractivity contribution in [2.75, 3.05) is 7.11 Å². The van der Waals surface area contributed by atoms with Crippen LogP contribution >= 0.6 is 11.8 Å². The molecule has 4 aromatic rings. The van der Waals surface area contributed by atoms with Gasteiger partial charge in [0.15, 0.2) is 5.78 Å². The maximum Gasteiger partial charge on any atom is 0.163 e. The number of Topliss-reactive ketones (excluding diaryl/α,β-unsaturated/α-hetero) is 1. The van der Waals surface area contributed by atoms with Crippen LogP contribution < -0.4 is 9.47 Å². The Morgan fingerprint density at radius 1 is 1.03 bits per heavy atom. The van der Waals surface area contributed by atoms with Crippen LogP contribution in [0.1, 0.15) is 46.0 Å². The number of fused-ring (bicyclic) bond motifs is 1. The number of methoxy groups -OCH3 is 1. The highest BCUT2D eigenvalue weighted by Gasteiger charge is 2.24. The Kier molecular flexibility index (Phi) is 7.19. The number of benzene rings is 3. The van der Waals surface area contributed by atoms with Crippen LogP contribution in [-0.2, 0) is 18.7 Å². The Bertz CT molecular complexity index is 1270. The van der Waals surface area contributed by atoms with Gasteiger partial charge in [-0.15, -0.1) is 11.8 Å². The van der Waals surface area contributed by atoms with Gasteiger partial charge in [0.2, 0.25) is 0 Å². The lowest BCUT2D eigenvalue weighted by atomic mass is 9.87. The summed E-state index contributed by atoms with van der Waals surface area (Å²) in [4.78, 5) is 18.0. The number of carbonyl (C=O) groups is 1. The van der Waals surface area contributed by atoms with Crippen molar-refractivity contribution in [1.82, 2.24) is 9.55 Å². The van der Waals surface area contributed by atoms with Crippen molar-refractivity contribution in [2.45, 2.75) is 42.6 Å². The van der Waals surface area contributed by atoms with Crippen LogP contribution in [0.15, 0.2) is 90.3 Å². The van der Waals surface area contributed by atoms with Crippen LogP contribution in [0, 0.1) is 0 Å². The van der Waals surface area contributed by atoms with E-state index >= 15 is 0 Å². The summed E-state index contributed by atoms with van der Waals surface area (Å²) >= 11 is 1.75. The van der Waals surface area contributed by atoms with Gasteiger partial charge in [0.1, 0.15) is 17.6 Å². The highest BCUT2D eigenvalue weighted by atomic mass is 32.2. The summed E-state index contributed by atoms with van der Waals surface area (Å²) in [6.45, 7) is 0.644. The van der Waals surface area contributed by atoms with E-state index in [0.29, 0.717) is 13.0 Å². The SMILES string of the molecule is COc1ccc(SCc2c(OC(Cn3ccnc3)c3ccccc3)ccc3c2CCCC3=O)cc1. The number of aromatic nitrogens is 2. The molecule has 5 rings (SSSR count). The summed E-state index contributed by atoms with van der Waals surface area (Å²) in [5.41, 5.74) is 4.20. The van der Waals surface area contributed by atoms with Crippen molar-refractivity contribution in [3.63, 3.8) is 0 Å². The van der Waals surface area contributed by atoms with Crippen molar-refractivity contribution in [3.8, 4) is 11.5 Å². The molecule has 0 radical (unpaired) electrons. The number of imidazole rings is 1. The monoisotopic (exact) mass is 484 g/mol. The van der Waals surface area contributed by atoms with E-state index in [-0.39, 0.29) is 11.9 Å². The summed E-state index contributed by atoms with van der Waals surface area (Å²) in [5, 5.41) is 0. The Labute approximate surface area is 210 Å². The molecular weight excluding hydrogens is 456 g/mol.